The molecule has 2 rings (SSSR count). The lowest BCUT2D eigenvalue weighted by atomic mass is 9.95. The number of hydrogen-bond donors (Lipinski definition) is 4. The maximum Gasteiger partial charge on any atom is 0.237 e. The van der Waals surface area contributed by atoms with Crippen LogP contribution in [0.2, 0.25) is 0 Å². The minimum Gasteiger partial charge on any atom is -0.508 e. The van der Waals surface area contributed by atoms with Crippen LogP contribution in [-0.4, -0.2) is 40.7 Å². The lowest BCUT2D eigenvalue weighted by molar-refractivity contribution is -0.123. The number of carbonyl (C=O) groups excluding carboxylic acids is 1. The molecule has 0 aliphatic carbocycles. The molecule has 182 valence electrons. The van der Waals surface area contributed by atoms with Gasteiger partial charge in [-0.15, -0.1) is 0 Å². The predicted molar refractivity (Wildman–Crippen MR) is 135 cm³/mol. The van der Waals surface area contributed by atoms with Gasteiger partial charge in [0.15, 0.2) is 0 Å². The van der Waals surface area contributed by atoms with E-state index in [1.807, 2.05) is 36.7 Å². The lowest BCUT2D eigenvalue weighted by Crippen LogP contribution is -2.51. The zero-order valence-electron chi connectivity index (χ0n) is 20.5. The summed E-state index contributed by atoms with van der Waals surface area (Å²) in [4.78, 5) is 17.3. The van der Waals surface area contributed by atoms with Gasteiger partial charge in [0.2, 0.25) is 5.91 Å². The average molecular weight is 455 g/mol. The molecule has 5 N–H and O–H groups in total. The number of aromatic nitrogens is 1. The van der Waals surface area contributed by atoms with Crippen LogP contribution in [0.25, 0.3) is 0 Å². The Balaban J connectivity index is 2.08. The molecule has 0 radical (unpaired) electrons. The van der Waals surface area contributed by atoms with Crippen molar-refractivity contribution in [2.24, 2.45) is 11.7 Å². The molecule has 2 aromatic rings. The highest BCUT2D eigenvalue weighted by Crippen LogP contribution is 2.16. The summed E-state index contributed by atoms with van der Waals surface area (Å²) in [5.41, 5.74) is 8.45. The third kappa shape index (κ3) is 10.8. The van der Waals surface area contributed by atoms with E-state index in [-0.39, 0.29) is 29.8 Å². The topological polar surface area (TPSA) is 100 Å². The summed E-state index contributed by atoms with van der Waals surface area (Å²) in [5, 5.41) is 16.4. The Hall–Kier alpha value is -2.44. The molecule has 6 heteroatoms. The number of rotatable bonds is 15. The Labute approximate surface area is 199 Å². The van der Waals surface area contributed by atoms with Gasteiger partial charge in [0, 0.05) is 31.0 Å². The number of pyridine rings is 1. The van der Waals surface area contributed by atoms with Crippen LogP contribution in [0.1, 0.15) is 64.0 Å². The first kappa shape index (κ1) is 26.8. The van der Waals surface area contributed by atoms with Crippen LogP contribution in [0.5, 0.6) is 5.75 Å². The number of unbranched alkanes of at least 4 members (excludes halogenated alkanes) is 1. The largest absolute Gasteiger partial charge is 0.508 e. The van der Waals surface area contributed by atoms with E-state index in [0.717, 1.165) is 44.1 Å². The normalized spacial score (nSPS) is 14.1. The molecule has 0 bridgehead atoms. The van der Waals surface area contributed by atoms with Crippen LogP contribution in [0.15, 0.2) is 48.8 Å². The molecule has 0 aliphatic heterocycles. The molecule has 0 spiro atoms. The Morgan fingerprint density at radius 3 is 2.39 bits per heavy atom. The van der Waals surface area contributed by atoms with Gasteiger partial charge >= 0.3 is 0 Å². The lowest BCUT2D eigenvalue weighted by Gasteiger charge is -2.27. The number of amides is 1. The summed E-state index contributed by atoms with van der Waals surface area (Å²) in [6.45, 7) is 7.05. The van der Waals surface area contributed by atoms with Crippen LogP contribution in [0, 0.1) is 5.92 Å². The third-order valence-electron chi connectivity index (χ3n) is 5.88. The molecule has 3 atom stereocenters. The fourth-order valence-corrected chi connectivity index (χ4v) is 4.03. The highest BCUT2D eigenvalue weighted by Gasteiger charge is 2.23. The van der Waals surface area contributed by atoms with Gasteiger partial charge in [0.05, 0.1) is 6.04 Å². The number of nitrogens with zero attached hydrogens (tertiary/aromatic N) is 1. The third-order valence-corrected chi connectivity index (χ3v) is 5.88. The Bertz CT molecular complexity index is 796. The fraction of sp³-hybridized carbons (Fsp3) is 0.556. The summed E-state index contributed by atoms with van der Waals surface area (Å²) < 4.78 is 0. The van der Waals surface area contributed by atoms with Crippen molar-refractivity contribution in [3.63, 3.8) is 0 Å². The summed E-state index contributed by atoms with van der Waals surface area (Å²) >= 11 is 0. The van der Waals surface area contributed by atoms with Crippen LogP contribution >= 0.6 is 0 Å². The minimum atomic E-state index is -0.367. The van der Waals surface area contributed by atoms with Gasteiger partial charge in [0.25, 0.3) is 0 Å². The van der Waals surface area contributed by atoms with Crippen molar-refractivity contribution in [2.45, 2.75) is 83.8 Å². The number of carbonyl (C=O) groups is 1. The fourth-order valence-electron chi connectivity index (χ4n) is 4.03. The smallest absolute Gasteiger partial charge is 0.237 e. The predicted octanol–water partition coefficient (Wildman–Crippen LogP) is 3.97. The van der Waals surface area contributed by atoms with Crippen LogP contribution in [-0.2, 0) is 17.6 Å². The molecule has 1 amide bonds. The van der Waals surface area contributed by atoms with E-state index in [1.54, 1.807) is 12.1 Å². The van der Waals surface area contributed by atoms with E-state index in [0.29, 0.717) is 18.9 Å². The van der Waals surface area contributed by atoms with Crippen molar-refractivity contribution in [3.8, 4) is 5.75 Å². The number of nitrogens with two attached hydrogens (primary N) is 1. The summed E-state index contributed by atoms with van der Waals surface area (Å²) in [5.74, 6) is 0.720. The summed E-state index contributed by atoms with van der Waals surface area (Å²) in [7, 11) is 0. The Morgan fingerprint density at radius 1 is 1.06 bits per heavy atom. The maximum atomic E-state index is 13.2. The van der Waals surface area contributed by atoms with Crippen molar-refractivity contribution >= 4 is 5.91 Å². The first-order valence-electron chi connectivity index (χ1n) is 12.3. The number of benzene rings is 1. The second kappa shape index (κ2) is 14.7. The number of aromatic hydroxyl groups is 1. The van der Waals surface area contributed by atoms with Crippen molar-refractivity contribution in [3.05, 3.63) is 59.9 Å². The zero-order valence-corrected chi connectivity index (χ0v) is 20.5. The maximum absolute atomic E-state index is 13.2. The van der Waals surface area contributed by atoms with E-state index in [9.17, 15) is 9.90 Å². The molecule has 0 fully saturated rings. The quantitative estimate of drug-likeness (QED) is 0.326. The number of nitrogens with one attached hydrogen (secondary N) is 2. The molecule has 0 saturated heterocycles. The number of phenolic OH excluding ortho intramolecular Hbond substituents is 1. The average Bonchev–Trinajstić information content (AvgIpc) is 2.80. The van der Waals surface area contributed by atoms with E-state index in [1.165, 1.54) is 5.56 Å². The van der Waals surface area contributed by atoms with E-state index in [2.05, 4.69) is 36.4 Å². The first-order valence-corrected chi connectivity index (χ1v) is 12.3. The van der Waals surface area contributed by atoms with Crippen LogP contribution < -0.4 is 16.4 Å². The zero-order chi connectivity index (χ0) is 24.1. The molecule has 6 nitrogen and oxygen atoms in total. The van der Waals surface area contributed by atoms with Crippen molar-refractivity contribution in [1.29, 1.82) is 0 Å². The Kier molecular flexibility index (Phi) is 11.9. The summed E-state index contributed by atoms with van der Waals surface area (Å²) in [6.07, 6.45) is 10.1. The molecule has 1 heterocycles. The van der Waals surface area contributed by atoms with Crippen LogP contribution in [0.3, 0.4) is 0 Å². The second-order valence-electron chi connectivity index (χ2n) is 9.46. The molecule has 0 saturated carbocycles. The van der Waals surface area contributed by atoms with Gasteiger partial charge in [-0.2, -0.15) is 0 Å². The minimum absolute atomic E-state index is 0.0207. The summed E-state index contributed by atoms with van der Waals surface area (Å²) in [6, 6.07) is 11.0. The Morgan fingerprint density at radius 2 is 1.76 bits per heavy atom. The highest BCUT2D eigenvalue weighted by molar-refractivity contribution is 5.82. The molecule has 0 aliphatic rings. The number of phenols is 1. The monoisotopic (exact) mass is 454 g/mol. The van der Waals surface area contributed by atoms with Gasteiger partial charge < -0.3 is 21.5 Å². The second-order valence-corrected chi connectivity index (χ2v) is 9.46. The van der Waals surface area contributed by atoms with Gasteiger partial charge in [0.1, 0.15) is 5.75 Å². The van der Waals surface area contributed by atoms with Crippen LogP contribution in [0.4, 0.5) is 0 Å². The van der Waals surface area contributed by atoms with Gasteiger partial charge in [-0.3, -0.25) is 9.78 Å². The molecular formula is C27H42N4O2. The van der Waals surface area contributed by atoms with Crippen molar-refractivity contribution < 1.29 is 9.90 Å². The molecule has 0 unspecified atom stereocenters. The molecule has 1 aromatic heterocycles. The SMILES string of the molecule is CCCC[C@H](N)CNC(=O)[C@H](Cc1ccc(O)cc1)N[C@H](CCc1ccncc1)CC(C)C. The molecule has 33 heavy (non-hydrogen) atoms. The van der Waals surface area contributed by atoms with Gasteiger partial charge in [-0.25, -0.2) is 0 Å². The standard InChI is InChI=1S/C27H42N4O2/c1-4-5-6-23(28)19-30-27(33)26(18-22-8-11-25(32)12-9-22)31-24(17-20(2)3)10-7-21-13-15-29-16-14-21/h8-9,11-16,20,23-24,26,31-32H,4-7,10,17-19,28H2,1-3H3,(H,30,33)/t23-,24+,26-/m0/s1. The van der Waals surface area contributed by atoms with Gasteiger partial charge in [-0.1, -0.05) is 45.7 Å². The van der Waals surface area contributed by atoms with Crippen molar-refractivity contribution in [1.82, 2.24) is 15.6 Å². The van der Waals surface area contributed by atoms with Gasteiger partial charge in [-0.05, 0) is 73.4 Å². The number of aryl methyl sites for hydroxylation is 1. The first-order chi connectivity index (χ1) is 15.9. The van der Waals surface area contributed by atoms with Crippen molar-refractivity contribution in [2.75, 3.05) is 6.54 Å². The molecular weight excluding hydrogens is 412 g/mol. The molecule has 1 aromatic carbocycles. The number of hydrogen-bond acceptors (Lipinski definition) is 5. The van der Waals surface area contributed by atoms with E-state index >= 15 is 0 Å². The van der Waals surface area contributed by atoms with E-state index in [4.69, 9.17) is 5.73 Å². The highest BCUT2D eigenvalue weighted by atomic mass is 16.3. The van der Waals surface area contributed by atoms with E-state index < -0.39 is 0 Å².